The van der Waals surface area contributed by atoms with Gasteiger partial charge in [0.2, 0.25) is 0 Å². The highest BCUT2D eigenvalue weighted by Crippen LogP contribution is 2.44. The number of benzene rings is 2. The summed E-state index contributed by atoms with van der Waals surface area (Å²) in [7, 11) is -2.86. The van der Waals surface area contributed by atoms with Crippen molar-refractivity contribution in [3.8, 4) is 0 Å². The van der Waals surface area contributed by atoms with Crippen LogP contribution >= 0.6 is 0 Å². The summed E-state index contributed by atoms with van der Waals surface area (Å²) >= 11 is 0. The minimum Gasteiger partial charge on any atom is -0.462 e. The van der Waals surface area contributed by atoms with Crippen LogP contribution in [0.3, 0.4) is 0 Å². The number of carbonyl (C=O) groups excluding carboxylic acids is 1. The van der Waals surface area contributed by atoms with Crippen LogP contribution < -0.4 is 10.4 Å². The highest BCUT2D eigenvalue weighted by Gasteiger charge is 2.61. The van der Waals surface area contributed by atoms with Gasteiger partial charge in [-0.3, -0.25) is 0 Å². The minimum atomic E-state index is -2.86. The van der Waals surface area contributed by atoms with Gasteiger partial charge in [-0.2, -0.15) is 4.39 Å². The summed E-state index contributed by atoms with van der Waals surface area (Å²) in [5, 5.41) is 2.02. The first-order valence-corrected chi connectivity index (χ1v) is 14.5. The molecule has 0 aliphatic carbocycles. The Balaban J connectivity index is 1.69. The number of fused-ring (bicyclic) bond motifs is 1. The molecule has 0 unspecified atom stereocenters. The van der Waals surface area contributed by atoms with Crippen LogP contribution in [0.4, 0.5) is 4.39 Å². The minimum absolute atomic E-state index is 0.0619. The number of hydrogen-bond acceptors (Lipinski definition) is 6. The zero-order chi connectivity index (χ0) is 26.2. The normalized spacial score (nSPS) is 27.9. The van der Waals surface area contributed by atoms with Gasteiger partial charge in [-0.25, -0.2) is 4.79 Å². The summed E-state index contributed by atoms with van der Waals surface area (Å²) in [5.41, 5.74) is 0. The molecule has 0 saturated carbocycles. The SMILES string of the molecule is CCOC(=O)[C@@]1(F)C[C@@H]2OC(C)(C)O[C@H](CO[Si](c3ccccc3)(c3ccccc3)C(C)(C)C)[C@@H]2O1. The third-order valence-corrected chi connectivity index (χ3v) is 11.9. The predicted octanol–water partition coefficient (Wildman–Crippen LogP) is 4.10. The van der Waals surface area contributed by atoms with Gasteiger partial charge in [-0.05, 0) is 36.2 Å². The molecule has 4 rings (SSSR count). The van der Waals surface area contributed by atoms with E-state index in [-0.39, 0.29) is 24.7 Å². The molecule has 2 aliphatic rings. The standard InChI is InChI=1S/C28H37FO6Si/c1-7-31-25(30)28(29)18-22-24(35-28)23(34-27(5,6)33-22)19-32-36(26(2,3)4,20-14-10-8-11-15-20)21-16-12-9-13-17-21/h8-17,22-24H,7,18-19H2,1-6H3/t22-,23+,24+,28+/m0/s1. The summed E-state index contributed by atoms with van der Waals surface area (Å²) in [5.74, 6) is -4.61. The van der Waals surface area contributed by atoms with Crippen molar-refractivity contribution in [2.75, 3.05) is 13.2 Å². The van der Waals surface area contributed by atoms with Crippen LogP contribution in [-0.2, 0) is 28.2 Å². The van der Waals surface area contributed by atoms with E-state index in [1.54, 1.807) is 20.8 Å². The van der Waals surface area contributed by atoms with E-state index in [2.05, 4.69) is 45.0 Å². The fourth-order valence-corrected chi connectivity index (χ4v) is 10.0. The summed E-state index contributed by atoms with van der Waals surface area (Å²) in [6, 6.07) is 20.5. The van der Waals surface area contributed by atoms with Crippen LogP contribution in [0, 0.1) is 0 Å². The van der Waals surface area contributed by atoms with Crippen molar-refractivity contribution in [1.29, 1.82) is 0 Å². The van der Waals surface area contributed by atoms with Gasteiger partial charge >= 0.3 is 11.8 Å². The second kappa shape index (κ2) is 9.98. The van der Waals surface area contributed by atoms with Crippen LogP contribution in [0.1, 0.15) is 48.0 Å². The van der Waals surface area contributed by atoms with Crippen molar-refractivity contribution in [2.24, 2.45) is 0 Å². The molecule has 0 bridgehead atoms. The number of alkyl halides is 1. The number of rotatable bonds is 7. The van der Waals surface area contributed by atoms with Gasteiger partial charge in [0.25, 0.3) is 8.32 Å². The molecule has 2 saturated heterocycles. The first kappa shape index (κ1) is 26.9. The molecule has 0 amide bonds. The van der Waals surface area contributed by atoms with Gasteiger partial charge in [-0.1, -0.05) is 81.4 Å². The van der Waals surface area contributed by atoms with Gasteiger partial charge in [0, 0.05) is 6.42 Å². The molecule has 196 valence electrons. The maximum absolute atomic E-state index is 15.5. The summed E-state index contributed by atoms with van der Waals surface area (Å²) in [6.45, 7) is 12.0. The summed E-state index contributed by atoms with van der Waals surface area (Å²) in [4.78, 5) is 12.4. The quantitative estimate of drug-likeness (QED) is 0.408. The number of ether oxygens (including phenoxy) is 4. The Morgan fingerprint density at radius 3 is 2.06 bits per heavy atom. The first-order chi connectivity index (χ1) is 16.9. The van der Waals surface area contributed by atoms with Gasteiger partial charge in [-0.15, -0.1) is 0 Å². The summed E-state index contributed by atoms with van der Waals surface area (Å²) < 4.78 is 45.4. The molecule has 8 heteroatoms. The molecule has 2 aliphatic heterocycles. The van der Waals surface area contributed by atoms with Gasteiger partial charge in [0.1, 0.15) is 12.2 Å². The van der Waals surface area contributed by atoms with Crippen molar-refractivity contribution in [2.45, 2.75) is 83.0 Å². The second-order valence-electron chi connectivity index (χ2n) is 10.9. The molecule has 2 aromatic rings. The molecular weight excluding hydrogens is 479 g/mol. The lowest BCUT2D eigenvalue weighted by molar-refractivity contribution is -0.329. The Morgan fingerprint density at radius 1 is 1.00 bits per heavy atom. The number of esters is 1. The zero-order valence-corrected chi connectivity index (χ0v) is 23.0. The molecule has 36 heavy (non-hydrogen) atoms. The molecule has 0 N–H and O–H groups in total. The average Bonchev–Trinajstić information content (AvgIpc) is 3.16. The largest absolute Gasteiger partial charge is 0.462 e. The van der Waals surface area contributed by atoms with Crippen LogP contribution in [0.5, 0.6) is 0 Å². The highest BCUT2D eigenvalue weighted by molar-refractivity contribution is 6.99. The van der Waals surface area contributed by atoms with E-state index < -0.39 is 44.2 Å². The van der Waals surface area contributed by atoms with E-state index in [0.29, 0.717) is 0 Å². The molecule has 0 radical (unpaired) electrons. The third kappa shape index (κ3) is 5.02. The van der Waals surface area contributed by atoms with E-state index in [1.165, 1.54) is 0 Å². The lowest BCUT2D eigenvalue weighted by Crippen LogP contribution is -2.68. The molecule has 0 aromatic heterocycles. The Bertz CT molecular complexity index is 1000. The molecule has 4 atom stereocenters. The molecule has 2 aromatic carbocycles. The number of hydrogen-bond donors (Lipinski definition) is 0. The highest BCUT2D eigenvalue weighted by atomic mass is 28.4. The molecule has 2 heterocycles. The van der Waals surface area contributed by atoms with Crippen LogP contribution in [0.2, 0.25) is 5.04 Å². The molecule has 6 nitrogen and oxygen atoms in total. The van der Waals surface area contributed by atoms with Gasteiger partial charge < -0.3 is 23.4 Å². The van der Waals surface area contributed by atoms with Crippen molar-refractivity contribution < 1.29 is 32.6 Å². The smallest absolute Gasteiger partial charge is 0.372 e. The number of carbonyl (C=O) groups is 1. The Kier molecular flexibility index (Phi) is 7.47. The first-order valence-electron chi connectivity index (χ1n) is 12.6. The zero-order valence-electron chi connectivity index (χ0n) is 22.0. The Hall–Kier alpha value is -2.10. The van der Waals surface area contributed by atoms with E-state index in [1.807, 2.05) is 36.4 Å². The topological polar surface area (TPSA) is 63.2 Å². The maximum Gasteiger partial charge on any atom is 0.372 e. The van der Waals surface area contributed by atoms with Crippen molar-refractivity contribution in [1.82, 2.24) is 0 Å². The average molecular weight is 517 g/mol. The van der Waals surface area contributed by atoms with E-state index in [9.17, 15) is 4.79 Å². The fraction of sp³-hybridized carbons (Fsp3) is 0.536. The Morgan fingerprint density at radius 2 is 1.56 bits per heavy atom. The number of halogens is 1. The molecule has 0 spiro atoms. The van der Waals surface area contributed by atoms with Gasteiger partial charge in [0.15, 0.2) is 5.79 Å². The summed E-state index contributed by atoms with van der Waals surface area (Å²) in [6.07, 6.45) is -2.38. The predicted molar refractivity (Wildman–Crippen MR) is 137 cm³/mol. The van der Waals surface area contributed by atoms with Crippen molar-refractivity contribution in [3.63, 3.8) is 0 Å². The van der Waals surface area contributed by atoms with Crippen LogP contribution in [-0.4, -0.2) is 57.5 Å². The molecular formula is C28H37FO6Si. The van der Waals surface area contributed by atoms with E-state index >= 15 is 4.39 Å². The van der Waals surface area contributed by atoms with E-state index in [0.717, 1.165) is 10.4 Å². The lowest BCUT2D eigenvalue weighted by atomic mass is 10.0. The Labute approximate surface area is 214 Å². The van der Waals surface area contributed by atoms with Gasteiger partial charge in [0.05, 0.1) is 19.3 Å². The monoisotopic (exact) mass is 516 g/mol. The lowest BCUT2D eigenvalue weighted by Gasteiger charge is -2.46. The van der Waals surface area contributed by atoms with Crippen molar-refractivity contribution >= 4 is 24.7 Å². The van der Waals surface area contributed by atoms with Crippen LogP contribution in [0.25, 0.3) is 0 Å². The van der Waals surface area contributed by atoms with Crippen molar-refractivity contribution in [3.05, 3.63) is 60.7 Å². The molecule has 2 fully saturated rings. The van der Waals surface area contributed by atoms with E-state index in [4.69, 9.17) is 23.4 Å². The third-order valence-electron chi connectivity index (χ3n) is 6.85. The van der Waals surface area contributed by atoms with Crippen LogP contribution in [0.15, 0.2) is 60.7 Å². The second-order valence-corrected chi connectivity index (χ2v) is 15.2. The maximum atomic E-state index is 15.5. The fourth-order valence-electron chi connectivity index (χ4n) is 5.43.